The molecule has 0 bridgehead atoms. The van der Waals surface area contributed by atoms with Crippen LogP contribution < -0.4 is 0 Å². The third-order valence-electron chi connectivity index (χ3n) is 5.03. The molecule has 0 saturated carbocycles. The van der Waals surface area contributed by atoms with Crippen molar-refractivity contribution >= 4 is 48.6 Å². The van der Waals surface area contributed by atoms with E-state index in [1.165, 1.54) is 5.39 Å². The van der Waals surface area contributed by atoms with E-state index in [4.69, 9.17) is 8.94 Å². The number of hydrogen-bond donors (Lipinski definition) is 0. The molecule has 5 nitrogen and oxygen atoms in total. The van der Waals surface area contributed by atoms with Crippen molar-refractivity contribution in [2.45, 2.75) is 0 Å². The summed E-state index contributed by atoms with van der Waals surface area (Å²) in [6.45, 7) is 0. The highest BCUT2D eigenvalue weighted by atomic mass is 79.9. The number of fused-ring (bicyclic) bond motifs is 3. The van der Waals surface area contributed by atoms with E-state index in [1.807, 2.05) is 42.5 Å². The zero-order chi connectivity index (χ0) is 19.4. The highest BCUT2D eigenvalue weighted by Gasteiger charge is 2.19. The molecule has 138 valence electrons. The first-order valence-electron chi connectivity index (χ1n) is 9.06. The lowest BCUT2D eigenvalue weighted by atomic mass is 10.0. The first kappa shape index (κ1) is 16.4. The molecule has 0 spiro atoms. The number of aromatic nitrogens is 3. The highest BCUT2D eigenvalue weighted by Crippen LogP contribution is 2.35. The van der Waals surface area contributed by atoms with Gasteiger partial charge in [-0.25, -0.2) is 0 Å². The van der Waals surface area contributed by atoms with Crippen LogP contribution in [0.25, 0.3) is 55.4 Å². The Hall–Kier alpha value is -3.51. The van der Waals surface area contributed by atoms with Crippen LogP contribution in [0.4, 0.5) is 0 Å². The molecule has 0 aliphatic carbocycles. The molecule has 0 saturated heterocycles. The number of benzene rings is 3. The number of furan rings is 1. The predicted molar refractivity (Wildman–Crippen MR) is 115 cm³/mol. The lowest BCUT2D eigenvalue weighted by molar-refractivity contribution is 0.428. The molecule has 6 heteroatoms. The Morgan fingerprint density at radius 1 is 0.759 bits per heavy atom. The molecule has 6 aromatic rings. The van der Waals surface area contributed by atoms with E-state index < -0.39 is 0 Å². The summed E-state index contributed by atoms with van der Waals surface area (Å²) in [6, 6.07) is 22.2. The van der Waals surface area contributed by atoms with Gasteiger partial charge in [0.2, 0.25) is 0 Å². The zero-order valence-corrected chi connectivity index (χ0v) is 16.6. The zero-order valence-electron chi connectivity index (χ0n) is 15.0. The molecule has 0 amide bonds. The van der Waals surface area contributed by atoms with Crippen molar-refractivity contribution in [2.24, 2.45) is 0 Å². The molecule has 0 aliphatic rings. The fraction of sp³-hybridized carbons (Fsp3) is 0. The molecule has 3 aromatic heterocycles. The number of halogens is 1. The van der Waals surface area contributed by atoms with Gasteiger partial charge in [0.15, 0.2) is 5.76 Å². The van der Waals surface area contributed by atoms with Crippen LogP contribution in [0.5, 0.6) is 0 Å². The SMILES string of the molecule is Brc1ccc2oc(-c3nnc(-c4ccc5ccccc5c4)c4nocc34)cc2c1. The van der Waals surface area contributed by atoms with E-state index >= 15 is 0 Å². The van der Waals surface area contributed by atoms with Crippen molar-refractivity contribution in [2.75, 3.05) is 0 Å². The van der Waals surface area contributed by atoms with Gasteiger partial charge in [-0.05, 0) is 41.1 Å². The maximum absolute atomic E-state index is 6.00. The Labute approximate surface area is 173 Å². The molecule has 0 unspecified atom stereocenters. The Morgan fingerprint density at radius 3 is 2.55 bits per heavy atom. The van der Waals surface area contributed by atoms with Gasteiger partial charge in [-0.2, -0.15) is 0 Å². The smallest absolute Gasteiger partial charge is 0.156 e. The highest BCUT2D eigenvalue weighted by molar-refractivity contribution is 9.10. The van der Waals surface area contributed by atoms with Crippen LogP contribution >= 0.6 is 15.9 Å². The van der Waals surface area contributed by atoms with Crippen LogP contribution in [0.1, 0.15) is 0 Å². The first-order chi connectivity index (χ1) is 14.3. The van der Waals surface area contributed by atoms with Crippen molar-refractivity contribution in [1.29, 1.82) is 0 Å². The normalized spacial score (nSPS) is 11.6. The minimum absolute atomic E-state index is 0.609. The van der Waals surface area contributed by atoms with Crippen molar-refractivity contribution < 1.29 is 8.94 Å². The lowest BCUT2D eigenvalue weighted by Gasteiger charge is -2.05. The molecule has 0 fully saturated rings. The second kappa shape index (κ2) is 6.25. The van der Waals surface area contributed by atoms with Crippen LogP contribution in [-0.2, 0) is 0 Å². The third-order valence-corrected chi connectivity index (χ3v) is 5.53. The van der Waals surface area contributed by atoms with Crippen molar-refractivity contribution in [3.63, 3.8) is 0 Å². The molecule has 3 aromatic carbocycles. The average molecular weight is 442 g/mol. The Balaban J connectivity index is 1.54. The van der Waals surface area contributed by atoms with Gasteiger partial charge in [-0.15, -0.1) is 10.2 Å². The topological polar surface area (TPSA) is 65.0 Å². The molecular weight excluding hydrogens is 430 g/mol. The van der Waals surface area contributed by atoms with Gasteiger partial charge in [0.05, 0.1) is 5.39 Å². The first-order valence-corrected chi connectivity index (χ1v) is 9.85. The molecule has 0 aliphatic heterocycles. The van der Waals surface area contributed by atoms with Crippen LogP contribution in [0.15, 0.2) is 86.4 Å². The van der Waals surface area contributed by atoms with Crippen molar-refractivity contribution in [3.05, 3.63) is 77.5 Å². The third kappa shape index (κ3) is 2.64. The Kier molecular flexibility index (Phi) is 3.55. The number of nitrogens with zero attached hydrogens (tertiary/aromatic N) is 3. The number of hydrogen-bond acceptors (Lipinski definition) is 5. The lowest BCUT2D eigenvalue weighted by Crippen LogP contribution is -1.93. The Bertz CT molecular complexity index is 1530. The van der Waals surface area contributed by atoms with E-state index in [2.05, 4.69) is 55.5 Å². The second-order valence-corrected chi connectivity index (χ2v) is 7.74. The Morgan fingerprint density at radius 2 is 1.62 bits per heavy atom. The summed E-state index contributed by atoms with van der Waals surface area (Å²) >= 11 is 3.49. The van der Waals surface area contributed by atoms with Gasteiger partial charge in [0, 0.05) is 15.4 Å². The minimum atomic E-state index is 0.609. The van der Waals surface area contributed by atoms with Gasteiger partial charge < -0.3 is 8.94 Å². The van der Waals surface area contributed by atoms with Gasteiger partial charge in [-0.1, -0.05) is 57.5 Å². The van der Waals surface area contributed by atoms with E-state index in [-0.39, 0.29) is 0 Å². The second-order valence-electron chi connectivity index (χ2n) is 6.83. The average Bonchev–Trinajstić information content (AvgIpc) is 3.39. The predicted octanol–water partition coefficient (Wildman–Crippen LogP) is 6.61. The van der Waals surface area contributed by atoms with Gasteiger partial charge >= 0.3 is 0 Å². The van der Waals surface area contributed by atoms with Crippen molar-refractivity contribution in [1.82, 2.24) is 15.4 Å². The van der Waals surface area contributed by atoms with Crippen LogP contribution in [0.3, 0.4) is 0 Å². The molecule has 0 N–H and O–H groups in total. The summed E-state index contributed by atoms with van der Waals surface area (Å²) < 4.78 is 12.3. The largest absolute Gasteiger partial charge is 0.454 e. The standard InChI is InChI=1S/C23H12BrN3O2/c24-17-7-8-19-16(10-17)11-20(29-19)22-18-12-28-27-23(18)21(25-26-22)15-6-5-13-3-1-2-4-14(13)9-15/h1-12H. The molecule has 0 radical (unpaired) electrons. The fourth-order valence-corrected chi connectivity index (χ4v) is 4.00. The van der Waals surface area contributed by atoms with Gasteiger partial charge in [-0.3, -0.25) is 0 Å². The molecule has 29 heavy (non-hydrogen) atoms. The molecule has 0 atom stereocenters. The van der Waals surface area contributed by atoms with Crippen LogP contribution in [-0.4, -0.2) is 15.4 Å². The fourth-order valence-electron chi connectivity index (χ4n) is 3.62. The summed E-state index contributed by atoms with van der Waals surface area (Å²) in [5, 5.41) is 17.2. The van der Waals surface area contributed by atoms with Crippen molar-refractivity contribution in [3.8, 4) is 22.7 Å². The van der Waals surface area contributed by atoms with Crippen LogP contribution in [0.2, 0.25) is 0 Å². The van der Waals surface area contributed by atoms with E-state index in [0.29, 0.717) is 22.7 Å². The summed E-state index contributed by atoms with van der Waals surface area (Å²) in [4.78, 5) is 0. The summed E-state index contributed by atoms with van der Waals surface area (Å²) in [5.74, 6) is 0.629. The maximum Gasteiger partial charge on any atom is 0.156 e. The van der Waals surface area contributed by atoms with E-state index in [9.17, 15) is 0 Å². The monoisotopic (exact) mass is 441 g/mol. The summed E-state index contributed by atoms with van der Waals surface area (Å²) in [5.41, 5.74) is 3.68. The molecular formula is C23H12BrN3O2. The quantitative estimate of drug-likeness (QED) is 0.302. The van der Waals surface area contributed by atoms with Gasteiger partial charge in [0.1, 0.15) is 28.8 Å². The van der Waals surface area contributed by atoms with Crippen LogP contribution in [0, 0.1) is 0 Å². The minimum Gasteiger partial charge on any atom is -0.454 e. The van der Waals surface area contributed by atoms with E-state index in [1.54, 1.807) is 6.26 Å². The van der Waals surface area contributed by atoms with Gasteiger partial charge in [0.25, 0.3) is 0 Å². The maximum atomic E-state index is 6.00. The number of rotatable bonds is 2. The van der Waals surface area contributed by atoms with E-state index in [0.717, 1.165) is 31.8 Å². The summed E-state index contributed by atoms with van der Waals surface area (Å²) in [6.07, 6.45) is 1.59. The molecule has 3 heterocycles. The molecule has 6 rings (SSSR count). The summed E-state index contributed by atoms with van der Waals surface area (Å²) in [7, 11) is 0.